The zero-order valence-electron chi connectivity index (χ0n) is 5.09. The number of carbonyl (C=O) groups is 1. The van der Waals surface area contributed by atoms with Crippen LogP contribution in [0.4, 0.5) is 0 Å². The van der Waals surface area contributed by atoms with Gasteiger partial charge in [-0.1, -0.05) is 5.92 Å². The second-order valence-electron chi connectivity index (χ2n) is 1.44. The second-order valence-corrected chi connectivity index (χ2v) is 1.85. The van der Waals surface area contributed by atoms with Crippen LogP contribution in [0.2, 0.25) is 0 Å². The highest BCUT2D eigenvalue weighted by molar-refractivity contribution is 7.18. The van der Waals surface area contributed by atoms with Crippen LogP contribution in [0.3, 0.4) is 0 Å². The van der Waals surface area contributed by atoms with Crippen LogP contribution in [0.25, 0.3) is 0 Å². The van der Waals surface area contributed by atoms with E-state index in [0.29, 0.717) is 6.16 Å². The Labute approximate surface area is 57.2 Å². The first-order chi connectivity index (χ1) is 4.31. The van der Waals surface area contributed by atoms with Crippen molar-refractivity contribution in [1.29, 1.82) is 0 Å². The molecule has 9 heavy (non-hydrogen) atoms. The minimum atomic E-state index is 0.0512. The van der Waals surface area contributed by atoms with Crippen LogP contribution in [0.1, 0.15) is 0 Å². The Morgan fingerprint density at radius 2 is 2.44 bits per heavy atom. The molecule has 0 aromatic rings. The van der Waals surface area contributed by atoms with Crippen molar-refractivity contribution in [3.8, 4) is 12.3 Å². The summed E-state index contributed by atoms with van der Waals surface area (Å²) in [6.45, 7) is 0.351. The Balaban J connectivity index is 3.09. The molecule has 0 aliphatic rings. The van der Waals surface area contributed by atoms with E-state index < -0.39 is 0 Å². The van der Waals surface area contributed by atoms with Gasteiger partial charge < -0.3 is 4.74 Å². The highest BCUT2D eigenvalue weighted by atomic mass is 31.0. The van der Waals surface area contributed by atoms with Gasteiger partial charge in [-0.2, -0.15) is 0 Å². The molecule has 0 spiro atoms. The van der Waals surface area contributed by atoms with Gasteiger partial charge in [0.1, 0.15) is 13.2 Å². The van der Waals surface area contributed by atoms with Crippen molar-refractivity contribution in [1.82, 2.24) is 0 Å². The summed E-state index contributed by atoms with van der Waals surface area (Å²) in [5.74, 6) is 2.32. The van der Waals surface area contributed by atoms with E-state index in [4.69, 9.17) is 11.2 Å². The van der Waals surface area contributed by atoms with Crippen LogP contribution in [-0.2, 0) is 9.53 Å². The van der Waals surface area contributed by atoms with Crippen LogP contribution in [-0.4, -0.2) is 25.2 Å². The van der Waals surface area contributed by atoms with E-state index in [2.05, 4.69) is 15.2 Å². The van der Waals surface area contributed by atoms with Crippen molar-refractivity contribution in [3.05, 3.63) is 0 Å². The summed E-state index contributed by atoms with van der Waals surface area (Å²) in [6.07, 6.45) is 5.30. The zero-order chi connectivity index (χ0) is 7.11. The van der Waals surface area contributed by atoms with E-state index in [0.717, 1.165) is 0 Å². The molecule has 0 aliphatic heterocycles. The number of carbonyl (C=O) groups excluding carboxylic acids is 1. The van der Waals surface area contributed by atoms with Crippen molar-refractivity contribution < 1.29 is 9.53 Å². The highest BCUT2D eigenvalue weighted by Gasteiger charge is 1.94. The van der Waals surface area contributed by atoms with E-state index in [1.54, 1.807) is 0 Å². The Morgan fingerprint density at radius 1 is 1.78 bits per heavy atom. The smallest absolute Gasteiger partial charge is 0.162 e. The molecule has 0 rings (SSSR count). The number of hydrogen-bond donors (Lipinski definition) is 0. The van der Waals surface area contributed by atoms with Gasteiger partial charge in [0, 0.05) is 6.16 Å². The fourth-order valence-corrected chi connectivity index (χ4v) is 0.401. The first-order valence-corrected chi connectivity index (χ1v) is 3.36. The third kappa shape index (κ3) is 5.49. The molecule has 3 heteroatoms. The lowest BCUT2D eigenvalue weighted by Gasteiger charge is -1.94. The van der Waals surface area contributed by atoms with Gasteiger partial charge in [-0.25, -0.2) is 0 Å². The fourth-order valence-electron chi connectivity index (χ4n) is 0.283. The Kier molecular flexibility index (Phi) is 5.51. The summed E-state index contributed by atoms with van der Waals surface area (Å²) in [4.78, 5) is 10.5. The first kappa shape index (κ1) is 8.62. The van der Waals surface area contributed by atoms with Gasteiger partial charge in [0.25, 0.3) is 0 Å². The lowest BCUT2D eigenvalue weighted by atomic mass is 10.5. The largest absolute Gasteiger partial charge is 0.361 e. The number of ether oxygens (including phenoxy) is 1. The molecular formula is C6H9O2P. The summed E-state index contributed by atoms with van der Waals surface area (Å²) in [7, 11) is 2.32. The molecule has 0 aromatic carbocycles. The molecule has 0 saturated carbocycles. The molecule has 1 unspecified atom stereocenters. The molecule has 50 valence electrons. The minimum Gasteiger partial charge on any atom is -0.361 e. The number of terminal acetylenes is 1. The fraction of sp³-hybridized carbons (Fsp3) is 0.500. The normalized spacial score (nSPS) is 8.44. The SMILES string of the molecule is C#CCOCC(=O)CP. The standard InChI is InChI=1S/C6H9O2P/c1-2-3-8-4-6(7)5-9/h1H,3-5,9H2. The molecule has 0 radical (unpaired) electrons. The molecule has 0 N–H and O–H groups in total. The number of rotatable bonds is 4. The Morgan fingerprint density at radius 3 is 2.89 bits per heavy atom. The lowest BCUT2D eigenvalue weighted by Crippen LogP contribution is -2.09. The van der Waals surface area contributed by atoms with E-state index in [9.17, 15) is 4.79 Å². The van der Waals surface area contributed by atoms with E-state index in [1.165, 1.54) is 0 Å². The molecule has 0 bridgehead atoms. The maximum absolute atomic E-state index is 10.5. The van der Waals surface area contributed by atoms with Gasteiger partial charge in [-0.3, -0.25) is 4.79 Å². The summed E-state index contributed by atoms with van der Waals surface area (Å²) < 4.78 is 4.74. The van der Waals surface area contributed by atoms with E-state index in [1.807, 2.05) is 0 Å². The van der Waals surface area contributed by atoms with Crippen molar-refractivity contribution in [3.63, 3.8) is 0 Å². The second kappa shape index (κ2) is 5.75. The molecule has 0 fully saturated rings. The van der Waals surface area contributed by atoms with Gasteiger partial charge in [0.2, 0.25) is 0 Å². The predicted octanol–water partition coefficient (Wildman–Crippen LogP) is 0.0804. The monoisotopic (exact) mass is 144 g/mol. The molecule has 0 saturated heterocycles. The summed E-state index contributed by atoms with van der Waals surface area (Å²) in [5, 5.41) is 0. The van der Waals surface area contributed by atoms with Crippen LogP contribution >= 0.6 is 9.24 Å². The highest BCUT2D eigenvalue weighted by Crippen LogP contribution is 1.83. The first-order valence-electron chi connectivity index (χ1n) is 2.54. The van der Waals surface area contributed by atoms with Crippen LogP contribution in [0.5, 0.6) is 0 Å². The topological polar surface area (TPSA) is 26.3 Å². The average molecular weight is 144 g/mol. The van der Waals surface area contributed by atoms with Crippen molar-refractivity contribution in [2.75, 3.05) is 19.4 Å². The third-order valence-electron chi connectivity index (χ3n) is 0.676. The van der Waals surface area contributed by atoms with Gasteiger partial charge >= 0.3 is 0 Å². The molecule has 0 aromatic heterocycles. The molecule has 1 atom stereocenters. The van der Waals surface area contributed by atoms with Crippen LogP contribution < -0.4 is 0 Å². The van der Waals surface area contributed by atoms with Crippen LogP contribution in [0, 0.1) is 12.3 Å². The van der Waals surface area contributed by atoms with Gasteiger partial charge in [0.05, 0.1) is 0 Å². The summed E-state index contributed by atoms with van der Waals surface area (Å²) >= 11 is 0. The van der Waals surface area contributed by atoms with Crippen molar-refractivity contribution >= 4 is 15.0 Å². The predicted molar refractivity (Wildman–Crippen MR) is 39.2 cm³/mol. The van der Waals surface area contributed by atoms with Gasteiger partial charge in [-0.15, -0.1) is 15.7 Å². The lowest BCUT2D eigenvalue weighted by molar-refractivity contribution is -0.120. The van der Waals surface area contributed by atoms with Crippen molar-refractivity contribution in [2.24, 2.45) is 0 Å². The van der Waals surface area contributed by atoms with E-state index in [-0.39, 0.29) is 19.0 Å². The molecule has 0 amide bonds. The minimum absolute atomic E-state index is 0.0512. The average Bonchev–Trinajstić information content (AvgIpc) is 1.89. The number of hydrogen-bond acceptors (Lipinski definition) is 2. The Hall–Kier alpha value is -0.380. The van der Waals surface area contributed by atoms with E-state index >= 15 is 0 Å². The van der Waals surface area contributed by atoms with Crippen molar-refractivity contribution in [2.45, 2.75) is 0 Å². The molecule has 0 aliphatic carbocycles. The maximum Gasteiger partial charge on any atom is 0.162 e. The quantitative estimate of drug-likeness (QED) is 0.317. The van der Waals surface area contributed by atoms with Gasteiger partial charge in [-0.05, 0) is 0 Å². The molecule has 2 nitrogen and oxygen atoms in total. The third-order valence-corrected chi connectivity index (χ3v) is 1.13. The van der Waals surface area contributed by atoms with Gasteiger partial charge in [0.15, 0.2) is 5.78 Å². The molecule has 0 heterocycles. The maximum atomic E-state index is 10.5. The number of ketones is 1. The number of Topliss-reactive ketones (excluding diaryl/α,β-unsaturated/α-hetero) is 1. The summed E-state index contributed by atoms with van der Waals surface area (Å²) in [5.41, 5.74) is 0. The molecular weight excluding hydrogens is 135 g/mol. The summed E-state index contributed by atoms with van der Waals surface area (Å²) in [6, 6.07) is 0. The van der Waals surface area contributed by atoms with Crippen LogP contribution in [0.15, 0.2) is 0 Å². The Bertz CT molecular complexity index is 126. The zero-order valence-corrected chi connectivity index (χ0v) is 6.25.